The molecule has 0 bridgehead atoms. The van der Waals surface area contributed by atoms with Gasteiger partial charge in [0, 0.05) is 61.3 Å². The first-order chi connectivity index (χ1) is 31.0. The molecule has 322 valence electrons. The number of fused-ring (bicyclic) bond motifs is 14. The highest BCUT2D eigenvalue weighted by Crippen LogP contribution is 2.65. The summed E-state index contributed by atoms with van der Waals surface area (Å²) in [5.74, 6) is 0. The van der Waals surface area contributed by atoms with Crippen molar-refractivity contribution in [3.8, 4) is 33.4 Å². The van der Waals surface area contributed by atoms with Gasteiger partial charge in [0.15, 0.2) is 0 Å². The van der Waals surface area contributed by atoms with Crippen molar-refractivity contribution < 1.29 is 4.42 Å². The number of para-hydroxylation sites is 1. The Morgan fingerprint density at radius 1 is 0.538 bits per heavy atom. The Kier molecular flexibility index (Phi) is 7.67. The van der Waals surface area contributed by atoms with Crippen molar-refractivity contribution in [2.45, 2.75) is 122 Å². The van der Waals surface area contributed by atoms with E-state index in [0.29, 0.717) is 0 Å². The van der Waals surface area contributed by atoms with Crippen molar-refractivity contribution in [1.82, 2.24) is 0 Å². The van der Waals surface area contributed by atoms with Gasteiger partial charge in [0.05, 0.1) is 11.4 Å². The fraction of sp³-hybridized carbons (Fsp3) is 0.311. The van der Waals surface area contributed by atoms with Crippen LogP contribution in [-0.4, -0.2) is 12.4 Å². The third-order valence-corrected chi connectivity index (χ3v) is 17.3. The Morgan fingerprint density at radius 3 is 2.03 bits per heavy atom. The summed E-state index contributed by atoms with van der Waals surface area (Å²) in [4.78, 5) is 5.71. The minimum Gasteiger partial charge on any atom is -0.456 e. The highest BCUT2D eigenvalue weighted by molar-refractivity contribution is 6.93. The standard InChI is InChI=1S/C61H59BN2O/c1-57(2,3)37-26-27-49(41(30-37)36-20-12-11-13-21-36)63-50-35-52-42(39-22-15-17-25-51(39)65-52)34-48(50)62-54-43(33-46-53(56(54)63)40-23-14-16-24-45(40)59(46,7)8)44-31-38(58(4,5)6)32-47-55(44)64(62)61(10)29-19-18-28-60(47,61)9/h11-17,20-27,30-35H,18-19,28-29H2,1-10H3. The molecule has 4 heteroatoms. The molecule has 0 N–H and O–H groups in total. The SMILES string of the molecule is CC(C)(C)c1ccc(N2c3cc4oc5ccccc5c4cc3B3c4c(cc5c(c42)-c2ccccc2C5(C)C)-c2cc(C(C)(C)C)cc4c2N3C2(C)CCCCC42C)c(-c2ccccc2)c1. The van der Waals surface area contributed by atoms with E-state index in [2.05, 4.69) is 206 Å². The summed E-state index contributed by atoms with van der Waals surface area (Å²) in [6, 6.07) is 49.3. The molecule has 7 aromatic carbocycles. The van der Waals surface area contributed by atoms with E-state index >= 15 is 0 Å². The van der Waals surface area contributed by atoms with Crippen LogP contribution in [0.1, 0.15) is 123 Å². The lowest BCUT2D eigenvalue weighted by Gasteiger charge is -2.55. The van der Waals surface area contributed by atoms with E-state index in [1.807, 2.05) is 0 Å². The quantitative estimate of drug-likeness (QED) is 0.162. The van der Waals surface area contributed by atoms with E-state index in [1.165, 1.54) is 119 Å². The van der Waals surface area contributed by atoms with Crippen molar-refractivity contribution in [3.05, 3.63) is 155 Å². The molecule has 1 saturated carbocycles. The highest BCUT2D eigenvalue weighted by atomic mass is 16.3. The molecule has 0 radical (unpaired) electrons. The number of anilines is 4. The molecule has 8 aromatic rings. The minimum atomic E-state index is -0.214. The molecule has 0 saturated heterocycles. The number of rotatable bonds is 2. The second-order valence-electron chi connectivity index (χ2n) is 23.2. The van der Waals surface area contributed by atoms with Gasteiger partial charge in [-0.2, -0.15) is 0 Å². The number of furan rings is 1. The van der Waals surface area contributed by atoms with Crippen LogP contribution in [0.15, 0.2) is 132 Å². The van der Waals surface area contributed by atoms with Gasteiger partial charge >= 0.3 is 6.85 Å². The summed E-state index contributed by atoms with van der Waals surface area (Å²) < 4.78 is 6.90. The molecule has 2 atom stereocenters. The van der Waals surface area contributed by atoms with E-state index in [-0.39, 0.29) is 34.0 Å². The maximum atomic E-state index is 6.90. The van der Waals surface area contributed by atoms with Gasteiger partial charge in [-0.25, -0.2) is 0 Å². The van der Waals surface area contributed by atoms with Crippen LogP contribution < -0.4 is 20.6 Å². The largest absolute Gasteiger partial charge is 0.456 e. The Bertz CT molecular complexity index is 3380. The Balaban J connectivity index is 1.25. The maximum absolute atomic E-state index is 6.90. The predicted octanol–water partition coefficient (Wildman–Crippen LogP) is 15.1. The summed E-state index contributed by atoms with van der Waals surface area (Å²) in [7, 11) is 0. The van der Waals surface area contributed by atoms with Crippen LogP contribution in [0.2, 0.25) is 0 Å². The molecular weight excluding hydrogens is 787 g/mol. The van der Waals surface area contributed by atoms with Crippen LogP contribution in [0.4, 0.5) is 22.7 Å². The average molecular weight is 847 g/mol. The Hall–Kier alpha value is -6.00. The minimum absolute atomic E-state index is 0.0135. The fourth-order valence-electron chi connectivity index (χ4n) is 13.5. The van der Waals surface area contributed by atoms with Crippen molar-refractivity contribution in [2.24, 2.45) is 0 Å². The molecule has 65 heavy (non-hydrogen) atoms. The third kappa shape index (κ3) is 4.99. The topological polar surface area (TPSA) is 19.6 Å². The van der Waals surface area contributed by atoms with Gasteiger partial charge in [0.1, 0.15) is 11.2 Å². The average Bonchev–Trinajstić information content (AvgIpc) is 3.84. The molecule has 1 fully saturated rings. The van der Waals surface area contributed by atoms with Gasteiger partial charge in [0.2, 0.25) is 0 Å². The summed E-state index contributed by atoms with van der Waals surface area (Å²) in [6.07, 6.45) is 4.85. The number of hydrogen-bond donors (Lipinski definition) is 0. The van der Waals surface area contributed by atoms with Crippen molar-refractivity contribution >= 4 is 62.5 Å². The van der Waals surface area contributed by atoms with Crippen LogP contribution in [0.3, 0.4) is 0 Å². The van der Waals surface area contributed by atoms with Crippen molar-refractivity contribution in [3.63, 3.8) is 0 Å². The zero-order chi connectivity index (χ0) is 44.7. The molecule has 0 amide bonds. The Labute approximate surface area is 385 Å². The van der Waals surface area contributed by atoms with Gasteiger partial charge in [-0.1, -0.05) is 166 Å². The first-order valence-corrected chi connectivity index (χ1v) is 24.3. The number of hydrogen-bond acceptors (Lipinski definition) is 3. The maximum Gasteiger partial charge on any atom is 0.328 e. The first kappa shape index (κ1) is 39.4. The van der Waals surface area contributed by atoms with E-state index < -0.39 is 0 Å². The molecule has 13 rings (SSSR count). The number of benzene rings is 7. The van der Waals surface area contributed by atoms with Crippen molar-refractivity contribution in [1.29, 1.82) is 0 Å². The monoisotopic (exact) mass is 846 g/mol. The molecule has 1 aromatic heterocycles. The lowest BCUT2D eigenvalue weighted by atomic mass is 9.41. The van der Waals surface area contributed by atoms with Gasteiger partial charge in [-0.15, -0.1) is 0 Å². The molecular formula is C61H59BN2O. The first-order valence-electron chi connectivity index (χ1n) is 24.3. The molecule has 4 heterocycles. The third-order valence-electron chi connectivity index (χ3n) is 17.3. The molecule has 5 aliphatic rings. The van der Waals surface area contributed by atoms with E-state index in [9.17, 15) is 0 Å². The predicted molar refractivity (Wildman–Crippen MR) is 276 cm³/mol. The van der Waals surface area contributed by atoms with Crippen LogP contribution >= 0.6 is 0 Å². The van der Waals surface area contributed by atoms with Crippen LogP contribution in [0, 0.1) is 0 Å². The molecule has 3 nitrogen and oxygen atoms in total. The smallest absolute Gasteiger partial charge is 0.328 e. The van der Waals surface area contributed by atoms with E-state index in [4.69, 9.17) is 4.42 Å². The molecule has 3 aliphatic heterocycles. The van der Waals surface area contributed by atoms with Gasteiger partial charge in [0.25, 0.3) is 0 Å². The second-order valence-corrected chi connectivity index (χ2v) is 23.2. The normalized spacial score (nSPS) is 21.0. The zero-order valence-corrected chi connectivity index (χ0v) is 39.8. The van der Waals surface area contributed by atoms with Gasteiger partial charge < -0.3 is 14.1 Å². The van der Waals surface area contributed by atoms with E-state index in [1.54, 1.807) is 5.56 Å². The lowest BCUT2D eigenvalue weighted by Crippen LogP contribution is -2.70. The van der Waals surface area contributed by atoms with E-state index in [0.717, 1.165) is 17.6 Å². The summed E-state index contributed by atoms with van der Waals surface area (Å²) in [5, 5.41) is 2.36. The Morgan fingerprint density at radius 2 is 1.25 bits per heavy atom. The summed E-state index contributed by atoms with van der Waals surface area (Å²) in [6.45, 7) is 24.4. The molecule has 2 aliphatic carbocycles. The van der Waals surface area contributed by atoms with Crippen LogP contribution in [0.5, 0.6) is 0 Å². The number of nitrogens with zero attached hydrogens (tertiary/aromatic N) is 2. The lowest BCUT2D eigenvalue weighted by molar-refractivity contribution is 0.199. The molecule has 0 spiro atoms. The van der Waals surface area contributed by atoms with Crippen molar-refractivity contribution in [2.75, 3.05) is 9.71 Å². The second kappa shape index (κ2) is 12.7. The zero-order valence-electron chi connectivity index (χ0n) is 39.8. The van der Waals surface area contributed by atoms with Crippen LogP contribution in [0.25, 0.3) is 55.3 Å². The van der Waals surface area contributed by atoms with Crippen LogP contribution in [-0.2, 0) is 21.7 Å². The highest BCUT2D eigenvalue weighted by Gasteiger charge is 2.64. The molecule has 2 unspecified atom stereocenters. The van der Waals surface area contributed by atoms with Gasteiger partial charge in [-0.3, -0.25) is 0 Å². The summed E-state index contributed by atoms with van der Waals surface area (Å²) >= 11 is 0. The van der Waals surface area contributed by atoms with Gasteiger partial charge in [-0.05, 0) is 116 Å². The fourth-order valence-corrected chi connectivity index (χ4v) is 13.5. The summed E-state index contributed by atoms with van der Waals surface area (Å²) in [5.41, 5.74) is 24.6.